The van der Waals surface area contributed by atoms with E-state index in [1.54, 1.807) is 4.90 Å². The van der Waals surface area contributed by atoms with Crippen molar-refractivity contribution in [3.63, 3.8) is 0 Å². The van der Waals surface area contributed by atoms with Crippen molar-refractivity contribution in [2.75, 3.05) is 19.7 Å². The zero-order valence-electron chi connectivity index (χ0n) is 12.4. The van der Waals surface area contributed by atoms with Gasteiger partial charge in [0.1, 0.15) is 0 Å². The Morgan fingerprint density at radius 3 is 2.58 bits per heavy atom. The Morgan fingerprint density at radius 2 is 2.11 bits per heavy atom. The Morgan fingerprint density at radius 1 is 1.42 bits per heavy atom. The normalized spacial score (nSPS) is 12.5. The summed E-state index contributed by atoms with van der Waals surface area (Å²) in [5, 5.41) is 16.1. The number of aliphatic hydroxyl groups excluding tert-OH is 1. The molecule has 2 N–H and O–H groups in total. The summed E-state index contributed by atoms with van der Waals surface area (Å²) in [7, 11) is 0. The Labute approximate surface area is 115 Å². The van der Waals surface area contributed by atoms with Crippen LogP contribution in [0.1, 0.15) is 37.2 Å². The first-order valence-electron chi connectivity index (χ1n) is 6.91. The fraction of sp³-hybridized carbons (Fsp3) is 0.714. The number of hydrogen-bond acceptors (Lipinski definition) is 3. The molecule has 0 fully saturated rings. The summed E-state index contributed by atoms with van der Waals surface area (Å²) in [4.78, 5) is 14.1. The molecule has 0 aromatic carbocycles. The number of aromatic nitrogens is 2. The average molecular weight is 267 g/mol. The summed E-state index contributed by atoms with van der Waals surface area (Å²) < 4.78 is 0. The molecule has 0 saturated heterocycles. The third kappa shape index (κ3) is 4.06. The van der Waals surface area contributed by atoms with Crippen LogP contribution in [0.3, 0.4) is 0 Å². The Hall–Kier alpha value is -1.36. The monoisotopic (exact) mass is 267 g/mol. The van der Waals surface area contributed by atoms with Gasteiger partial charge in [0.05, 0.1) is 12.3 Å². The molecule has 108 valence electrons. The first-order chi connectivity index (χ1) is 9.01. The fourth-order valence-corrected chi connectivity index (χ4v) is 2.30. The third-order valence-corrected chi connectivity index (χ3v) is 3.39. The number of nitrogens with one attached hydrogen (secondary N) is 1. The molecule has 0 radical (unpaired) electrons. The predicted molar refractivity (Wildman–Crippen MR) is 74.9 cm³/mol. The molecule has 1 amide bonds. The van der Waals surface area contributed by atoms with E-state index in [0.29, 0.717) is 19.5 Å². The van der Waals surface area contributed by atoms with E-state index in [9.17, 15) is 4.79 Å². The van der Waals surface area contributed by atoms with Crippen LogP contribution < -0.4 is 0 Å². The van der Waals surface area contributed by atoms with E-state index in [1.807, 2.05) is 27.7 Å². The second kappa shape index (κ2) is 7.28. The number of rotatable bonds is 7. The van der Waals surface area contributed by atoms with Crippen molar-refractivity contribution in [3.8, 4) is 0 Å². The third-order valence-electron chi connectivity index (χ3n) is 3.39. The Kier molecular flexibility index (Phi) is 6.02. The molecule has 0 aliphatic rings. The summed E-state index contributed by atoms with van der Waals surface area (Å²) >= 11 is 0. The van der Waals surface area contributed by atoms with Gasteiger partial charge in [-0.15, -0.1) is 0 Å². The molecule has 0 spiro atoms. The molecular weight excluding hydrogens is 242 g/mol. The van der Waals surface area contributed by atoms with Gasteiger partial charge in [0.2, 0.25) is 5.91 Å². The van der Waals surface area contributed by atoms with Crippen LogP contribution >= 0.6 is 0 Å². The molecule has 1 atom stereocenters. The number of aryl methyl sites for hydroxylation is 2. The quantitative estimate of drug-likeness (QED) is 0.785. The molecular formula is C14H25N3O2. The highest BCUT2D eigenvalue weighted by molar-refractivity contribution is 5.78. The van der Waals surface area contributed by atoms with Gasteiger partial charge in [0.15, 0.2) is 0 Å². The molecule has 1 aromatic rings. The minimum absolute atomic E-state index is 0.0161. The molecule has 5 heteroatoms. The second-order valence-electron chi connectivity index (χ2n) is 5.07. The number of hydrogen-bond donors (Lipinski definition) is 2. The molecule has 1 heterocycles. The molecule has 0 bridgehead atoms. The van der Waals surface area contributed by atoms with Crippen molar-refractivity contribution in [2.45, 2.75) is 40.5 Å². The lowest BCUT2D eigenvalue weighted by molar-refractivity contribution is -0.135. The van der Waals surface area contributed by atoms with E-state index in [1.165, 1.54) is 0 Å². The summed E-state index contributed by atoms with van der Waals surface area (Å²) in [6.45, 7) is 9.04. The van der Waals surface area contributed by atoms with E-state index in [-0.39, 0.29) is 18.4 Å². The molecule has 0 saturated carbocycles. The van der Waals surface area contributed by atoms with Crippen LogP contribution in [-0.4, -0.2) is 45.8 Å². The van der Waals surface area contributed by atoms with Gasteiger partial charge in [-0.3, -0.25) is 9.89 Å². The van der Waals surface area contributed by atoms with Crippen molar-refractivity contribution >= 4 is 5.91 Å². The minimum Gasteiger partial charge on any atom is -0.395 e. The van der Waals surface area contributed by atoms with Gasteiger partial charge in [0.25, 0.3) is 0 Å². The average Bonchev–Trinajstić information content (AvgIpc) is 2.69. The van der Waals surface area contributed by atoms with E-state index >= 15 is 0 Å². The SMILES string of the molecule is CCCN(CCO)C(=O)C(C)Cc1c(C)n[nH]c1C. The second-order valence-corrected chi connectivity index (χ2v) is 5.07. The first-order valence-corrected chi connectivity index (χ1v) is 6.91. The van der Waals surface area contributed by atoms with Gasteiger partial charge in [-0.2, -0.15) is 5.10 Å². The number of aromatic amines is 1. The van der Waals surface area contributed by atoms with Crippen molar-refractivity contribution in [1.29, 1.82) is 0 Å². The lowest BCUT2D eigenvalue weighted by Crippen LogP contribution is -2.38. The number of aliphatic hydroxyl groups is 1. The summed E-state index contributed by atoms with van der Waals surface area (Å²) in [5.41, 5.74) is 3.11. The van der Waals surface area contributed by atoms with Crippen LogP contribution in [-0.2, 0) is 11.2 Å². The zero-order valence-corrected chi connectivity index (χ0v) is 12.4. The highest BCUT2D eigenvalue weighted by Crippen LogP contribution is 2.17. The van der Waals surface area contributed by atoms with Gasteiger partial charge in [-0.05, 0) is 32.3 Å². The topological polar surface area (TPSA) is 69.2 Å². The molecule has 1 aromatic heterocycles. The molecule has 1 rings (SSSR count). The van der Waals surface area contributed by atoms with Crippen LogP contribution in [0.15, 0.2) is 0 Å². The van der Waals surface area contributed by atoms with Crippen molar-refractivity contribution < 1.29 is 9.90 Å². The maximum absolute atomic E-state index is 12.4. The maximum Gasteiger partial charge on any atom is 0.225 e. The van der Waals surface area contributed by atoms with Crippen LogP contribution in [0.5, 0.6) is 0 Å². The number of H-pyrrole nitrogens is 1. The van der Waals surface area contributed by atoms with E-state index in [4.69, 9.17) is 5.11 Å². The highest BCUT2D eigenvalue weighted by atomic mass is 16.3. The molecule has 19 heavy (non-hydrogen) atoms. The summed E-state index contributed by atoms with van der Waals surface area (Å²) in [6.07, 6.45) is 1.60. The minimum atomic E-state index is -0.0897. The lowest BCUT2D eigenvalue weighted by atomic mass is 9.98. The van der Waals surface area contributed by atoms with Gasteiger partial charge in [-0.25, -0.2) is 0 Å². The standard InChI is InChI=1S/C14H25N3O2/c1-5-6-17(7-8-18)14(19)10(2)9-13-11(3)15-16-12(13)4/h10,18H,5-9H2,1-4H3,(H,15,16). The zero-order chi connectivity index (χ0) is 14.4. The Balaban J connectivity index is 2.70. The van der Waals surface area contributed by atoms with E-state index in [0.717, 1.165) is 23.4 Å². The lowest BCUT2D eigenvalue weighted by Gasteiger charge is -2.24. The number of nitrogens with zero attached hydrogens (tertiary/aromatic N) is 2. The van der Waals surface area contributed by atoms with Crippen molar-refractivity contribution in [2.24, 2.45) is 5.92 Å². The van der Waals surface area contributed by atoms with E-state index < -0.39 is 0 Å². The van der Waals surface area contributed by atoms with Crippen LogP contribution in [0, 0.1) is 19.8 Å². The van der Waals surface area contributed by atoms with Gasteiger partial charge >= 0.3 is 0 Å². The largest absolute Gasteiger partial charge is 0.395 e. The van der Waals surface area contributed by atoms with Crippen LogP contribution in [0.4, 0.5) is 0 Å². The number of carbonyl (C=O) groups excluding carboxylic acids is 1. The maximum atomic E-state index is 12.4. The summed E-state index contributed by atoms with van der Waals surface area (Å²) in [6, 6.07) is 0. The number of amides is 1. The molecule has 0 aliphatic heterocycles. The van der Waals surface area contributed by atoms with Gasteiger partial charge < -0.3 is 10.0 Å². The van der Waals surface area contributed by atoms with Crippen LogP contribution in [0.25, 0.3) is 0 Å². The van der Waals surface area contributed by atoms with Gasteiger partial charge in [0, 0.05) is 24.7 Å². The van der Waals surface area contributed by atoms with Gasteiger partial charge in [-0.1, -0.05) is 13.8 Å². The van der Waals surface area contributed by atoms with E-state index in [2.05, 4.69) is 10.2 Å². The predicted octanol–water partition coefficient (Wildman–Crippen LogP) is 1.44. The fourth-order valence-electron chi connectivity index (χ4n) is 2.30. The Bertz CT molecular complexity index is 389. The van der Waals surface area contributed by atoms with Crippen molar-refractivity contribution in [3.05, 3.63) is 17.0 Å². The van der Waals surface area contributed by atoms with Crippen molar-refractivity contribution in [1.82, 2.24) is 15.1 Å². The molecule has 5 nitrogen and oxygen atoms in total. The molecule has 0 aliphatic carbocycles. The first kappa shape index (κ1) is 15.7. The smallest absolute Gasteiger partial charge is 0.225 e. The highest BCUT2D eigenvalue weighted by Gasteiger charge is 2.21. The number of carbonyl (C=O) groups is 1. The van der Waals surface area contributed by atoms with Crippen LogP contribution in [0.2, 0.25) is 0 Å². The summed E-state index contributed by atoms with van der Waals surface area (Å²) in [5.74, 6) is 0.0176. The molecule has 1 unspecified atom stereocenters.